The van der Waals surface area contributed by atoms with Crippen LogP contribution in [0.1, 0.15) is 11.6 Å². The van der Waals surface area contributed by atoms with E-state index < -0.39 is 5.60 Å². The zero-order valence-corrected chi connectivity index (χ0v) is 7.27. The van der Waals surface area contributed by atoms with Crippen LogP contribution in [-0.2, 0) is 0 Å². The first-order valence-corrected chi connectivity index (χ1v) is 4.31. The average molecular weight is 179 g/mol. The van der Waals surface area contributed by atoms with Crippen molar-refractivity contribution in [3.05, 3.63) is 30.1 Å². The molecule has 4 heteroatoms. The normalized spacial score (nSPS) is 22.0. The summed E-state index contributed by atoms with van der Waals surface area (Å²) in [7, 11) is 0. The first-order chi connectivity index (χ1) is 6.22. The number of aliphatic hydroxyl groups is 1. The molecule has 70 valence electrons. The number of hydrogen-bond donors (Lipinski definition) is 3. The third kappa shape index (κ3) is 1.44. The molecule has 2 heterocycles. The maximum absolute atomic E-state index is 9.92. The molecule has 1 aliphatic heterocycles. The predicted octanol–water partition coefficient (Wildman–Crippen LogP) is -0.584. The number of rotatable bonds is 2. The molecule has 0 aromatic carbocycles. The summed E-state index contributed by atoms with van der Waals surface area (Å²) in [5.41, 5.74) is 6.00. The Bertz CT molecular complexity index is 284. The largest absolute Gasteiger partial charge is 0.385 e. The van der Waals surface area contributed by atoms with Gasteiger partial charge >= 0.3 is 0 Å². The van der Waals surface area contributed by atoms with Gasteiger partial charge in [0.2, 0.25) is 0 Å². The minimum atomic E-state index is -0.789. The highest BCUT2D eigenvalue weighted by Crippen LogP contribution is 2.26. The SMILES string of the molecule is NC(c1cccnc1)C1(O)CNC1. The monoisotopic (exact) mass is 179 g/mol. The molecule has 0 bridgehead atoms. The predicted molar refractivity (Wildman–Crippen MR) is 49.0 cm³/mol. The van der Waals surface area contributed by atoms with E-state index in [9.17, 15) is 5.11 Å². The molecule has 0 amide bonds. The second-order valence-electron chi connectivity index (χ2n) is 3.47. The van der Waals surface area contributed by atoms with Crippen molar-refractivity contribution in [2.45, 2.75) is 11.6 Å². The van der Waals surface area contributed by atoms with Crippen LogP contribution in [-0.4, -0.2) is 28.8 Å². The molecule has 2 rings (SSSR count). The molecule has 1 unspecified atom stereocenters. The van der Waals surface area contributed by atoms with Gasteiger partial charge in [0.1, 0.15) is 5.60 Å². The van der Waals surface area contributed by atoms with Gasteiger partial charge in [-0.05, 0) is 11.6 Å². The van der Waals surface area contributed by atoms with Crippen molar-refractivity contribution in [2.24, 2.45) is 5.73 Å². The molecule has 1 fully saturated rings. The lowest BCUT2D eigenvalue weighted by atomic mass is 9.85. The summed E-state index contributed by atoms with van der Waals surface area (Å²) in [5.74, 6) is 0. The van der Waals surface area contributed by atoms with Crippen molar-refractivity contribution >= 4 is 0 Å². The first-order valence-electron chi connectivity index (χ1n) is 4.31. The van der Waals surface area contributed by atoms with Crippen molar-refractivity contribution in [1.82, 2.24) is 10.3 Å². The Balaban J connectivity index is 2.17. The van der Waals surface area contributed by atoms with Gasteiger partial charge in [0, 0.05) is 25.5 Å². The van der Waals surface area contributed by atoms with Crippen LogP contribution in [0.4, 0.5) is 0 Å². The fraction of sp³-hybridized carbons (Fsp3) is 0.444. The average Bonchev–Trinajstić information content (AvgIpc) is 2.14. The van der Waals surface area contributed by atoms with Crippen LogP contribution < -0.4 is 11.1 Å². The topological polar surface area (TPSA) is 71.2 Å². The number of nitrogens with two attached hydrogens (primary N) is 1. The molecular formula is C9H13N3O. The van der Waals surface area contributed by atoms with Gasteiger partial charge in [0.15, 0.2) is 0 Å². The summed E-state index contributed by atoms with van der Waals surface area (Å²) in [4.78, 5) is 3.97. The van der Waals surface area contributed by atoms with Gasteiger partial charge in [0.05, 0.1) is 6.04 Å². The van der Waals surface area contributed by atoms with Crippen molar-refractivity contribution in [2.75, 3.05) is 13.1 Å². The highest BCUT2D eigenvalue weighted by molar-refractivity contribution is 5.20. The molecule has 0 saturated carbocycles. The van der Waals surface area contributed by atoms with Gasteiger partial charge in [-0.1, -0.05) is 6.07 Å². The molecule has 0 aliphatic carbocycles. The Morgan fingerprint density at radius 3 is 2.85 bits per heavy atom. The molecule has 4 N–H and O–H groups in total. The molecule has 13 heavy (non-hydrogen) atoms. The summed E-state index contributed by atoms with van der Waals surface area (Å²) in [6, 6.07) is 3.36. The van der Waals surface area contributed by atoms with Gasteiger partial charge in [-0.2, -0.15) is 0 Å². The lowest BCUT2D eigenvalue weighted by Gasteiger charge is -2.42. The Morgan fingerprint density at radius 2 is 2.38 bits per heavy atom. The van der Waals surface area contributed by atoms with Crippen molar-refractivity contribution in [3.8, 4) is 0 Å². The van der Waals surface area contributed by atoms with Crippen LogP contribution in [0.3, 0.4) is 0 Å². The van der Waals surface area contributed by atoms with Crippen LogP contribution in [0.25, 0.3) is 0 Å². The number of aromatic nitrogens is 1. The molecule has 1 aromatic heterocycles. The van der Waals surface area contributed by atoms with Crippen LogP contribution in [0.15, 0.2) is 24.5 Å². The minimum absolute atomic E-state index is 0.345. The quantitative estimate of drug-likeness (QED) is 0.568. The molecule has 0 spiro atoms. The number of nitrogens with zero attached hydrogens (tertiary/aromatic N) is 1. The fourth-order valence-electron chi connectivity index (χ4n) is 1.47. The molecule has 1 saturated heterocycles. The van der Waals surface area contributed by atoms with E-state index in [1.165, 1.54) is 0 Å². The summed E-state index contributed by atoms with van der Waals surface area (Å²) in [6.45, 7) is 1.12. The Kier molecular flexibility index (Phi) is 2.03. The lowest BCUT2D eigenvalue weighted by molar-refractivity contribution is -0.0333. The highest BCUT2D eigenvalue weighted by atomic mass is 16.3. The maximum atomic E-state index is 9.92. The number of pyridine rings is 1. The zero-order chi connectivity index (χ0) is 9.31. The number of nitrogens with one attached hydrogen (secondary N) is 1. The molecule has 1 atom stereocenters. The second-order valence-corrected chi connectivity index (χ2v) is 3.47. The maximum Gasteiger partial charge on any atom is 0.109 e. The standard InChI is InChI=1S/C9H13N3O/c10-8(9(13)5-12-6-9)7-2-1-3-11-4-7/h1-4,8,12-13H,5-6,10H2. The molecule has 4 nitrogen and oxygen atoms in total. The molecular weight excluding hydrogens is 166 g/mol. The Hall–Kier alpha value is -0.970. The van der Waals surface area contributed by atoms with Gasteiger partial charge in [0.25, 0.3) is 0 Å². The van der Waals surface area contributed by atoms with Crippen LogP contribution in [0.2, 0.25) is 0 Å². The van der Waals surface area contributed by atoms with Gasteiger partial charge in [-0.25, -0.2) is 0 Å². The van der Waals surface area contributed by atoms with Crippen molar-refractivity contribution in [3.63, 3.8) is 0 Å². The van der Waals surface area contributed by atoms with E-state index in [0.29, 0.717) is 13.1 Å². The highest BCUT2D eigenvalue weighted by Gasteiger charge is 2.41. The summed E-state index contributed by atoms with van der Waals surface area (Å²) in [5, 5.41) is 12.9. The third-order valence-corrected chi connectivity index (χ3v) is 2.48. The van der Waals surface area contributed by atoms with E-state index in [1.54, 1.807) is 12.4 Å². The van der Waals surface area contributed by atoms with Crippen molar-refractivity contribution in [1.29, 1.82) is 0 Å². The van der Waals surface area contributed by atoms with Gasteiger partial charge in [-0.3, -0.25) is 4.98 Å². The van der Waals surface area contributed by atoms with E-state index in [4.69, 9.17) is 5.73 Å². The summed E-state index contributed by atoms with van der Waals surface area (Å²) in [6.07, 6.45) is 3.39. The second kappa shape index (κ2) is 3.06. The van der Waals surface area contributed by atoms with Gasteiger partial charge < -0.3 is 16.2 Å². The van der Waals surface area contributed by atoms with E-state index >= 15 is 0 Å². The first kappa shape index (κ1) is 8.62. The molecule has 1 aliphatic rings. The van der Waals surface area contributed by atoms with Crippen LogP contribution >= 0.6 is 0 Å². The van der Waals surface area contributed by atoms with Crippen LogP contribution in [0.5, 0.6) is 0 Å². The Labute approximate surface area is 76.8 Å². The summed E-state index contributed by atoms with van der Waals surface area (Å²) >= 11 is 0. The fourth-order valence-corrected chi connectivity index (χ4v) is 1.47. The third-order valence-electron chi connectivity index (χ3n) is 2.48. The number of β-amino-alcohol motifs (C(OH)–C–C–N with tert-alkyl or cyclic N) is 1. The molecule has 0 radical (unpaired) electrons. The molecule has 1 aromatic rings. The van der Waals surface area contributed by atoms with E-state index in [0.717, 1.165) is 5.56 Å². The van der Waals surface area contributed by atoms with E-state index in [2.05, 4.69) is 10.3 Å². The van der Waals surface area contributed by atoms with Gasteiger partial charge in [-0.15, -0.1) is 0 Å². The smallest absolute Gasteiger partial charge is 0.109 e. The van der Waals surface area contributed by atoms with Crippen molar-refractivity contribution < 1.29 is 5.11 Å². The Morgan fingerprint density at radius 1 is 1.62 bits per heavy atom. The minimum Gasteiger partial charge on any atom is -0.385 e. The van der Waals surface area contributed by atoms with Crippen LogP contribution in [0, 0.1) is 0 Å². The zero-order valence-electron chi connectivity index (χ0n) is 7.27. The number of hydrogen-bond acceptors (Lipinski definition) is 4. The summed E-state index contributed by atoms with van der Waals surface area (Å²) < 4.78 is 0. The lowest BCUT2D eigenvalue weighted by Crippen LogP contribution is -2.64. The van der Waals surface area contributed by atoms with E-state index in [1.807, 2.05) is 12.1 Å². The van der Waals surface area contributed by atoms with E-state index in [-0.39, 0.29) is 6.04 Å².